The molecule has 0 saturated heterocycles. The number of carboxylic acids is 1. The molecular formula is C13H22N2O4. The summed E-state index contributed by atoms with van der Waals surface area (Å²) in [6, 6.07) is 4.64. The number of carboxylic acid groups (broad SMARTS) is 1. The van der Waals surface area contributed by atoms with E-state index < -0.39 is 5.97 Å². The molecule has 4 N–H and O–H groups in total. The fourth-order valence-corrected chi connectivity index (χ4v) is 0.809. The number of carbonyl (C=O) groups is 1. The average Bonchev–Trinajstić information content (AvgIpc) is 2.35. The summed E-state index contributed by atoms with van der Waals surface area (Å²) in [5.41, 5.74) is 7.48. The molecule has 0 spiro atoms. The molecule has 0 aliphatic heterocycles. The van der Waals surface area contributed by atoms with E-state index in [4.69, 9.17) is 20.8 Å². The summed E-state index contributed by atoms with van der Waals surface area (Å²) in [5.74, 6) is -0.923. The fraction of sp³-hybridized carbons (Fsp3) is 0.462. The minimum absolute atomic E-state index is 0.275. The summed E-state index contributed by atoms with van der Waals surface area (Å²) >= 11 is 0. The van der Waals surface area contributed by atoms with Gasteiger partial charge in [0.05, 0.1) is 5.56 Å². The van der Waals surface area contributed by atoms with E-state index in [1.54, 1.807) is 19.1 Å². The molecule has 0 heterocycles. The first kappa shape index (κ1) is 19.4. The van der Waals surface area contributed by atoms with E-state index in [-0.39, 0.29) is 5.56 Å². The third-order valence-electron chi connectivity index (χ3n) is 2.27. The lowest BCUT2D eigenvalue weighted by Gasteiger charge is -2.15. The summed E-state index contributed by atoms with van der Waals surface area (Å²) < 4.78 is 0. The molecule has 6 nitrogen and oxygen atoms in total. The summed E-state index contributed by atoms with van der Waals surface area (Å²) in [4.78, 5) is 24.4. The van der Waals surface area contributed by atoms with Crippen LogP contribution in [0.4, 0.5) is 5.69 Å². The number of nitrogens with two attached hydrogens (primary N) is 1. The predicted octanol–water partition coefficient (Wildman–Crippen LogP) is 2.35. The Balaban J connectivity index is 0. The van der Waals surface area contributed by atoms with Crippen molar-refractivity contribution in [2.75, 3.05) is 12.8 Å². The lowest BCUT2D eigenvalue weighted by atomic mass is 10.1. The SMILES string of the molecule is CNC(C)(C)C.Cc1cc(C(=O)O)ccc1N.O=O. The Morgan fingerprint density at radius 3 is 1.95 bits per heavy atom. The molecule has 0 amide bonds. The minimum Gasteiger partial charge on any atom is -0.478 e. The van der Waals surface area contributed by atoms with Crippen LogP contribution in [0, 0.1) is 16.9 Å². The van der Waals surface area contributed by atoms with Gasteiger partial charge in [0.25, 0.3) is 0 Å². The van der Waals surface area contributed by atoms with Crippen molar-refractivity contribution >= 4 is 11.7 Å². The van der Waals surface area contributed by atoms with E-state index in [1.807, 2.05) is 7.05 Å². The molecule has 1 aromatic rings. The van der Waals surface area contributed by atoms with Crippen LogP contribution in [-0.2, 0) is 0 Å². The number of aryl methyl sites for hydroxylation is 1. The highest BCUT2D eigenvalue weighted by atomic mass is 16.7. The van der Waals surface area contributed by atoms with Gasteiger partial charge in [-0.3, -0.25) is 0 Å². The van der Waals surface area contributed by atoms with Crippen LogP contribution in [-0.4, -0.2) is 23.7 Å². The summed E-state index contributed by atoms with van der Waals surface area (Å²) in [5, 5.41) is 11.7. The van der Waals surface area contributed by atoms with Crippen LogP contribution in [0.3, 0.4) is 0 Å². The Labute approximate surface area is 113 Å². The first-order valence-corrected chi connectivity index (χ1v) is 5.62. The van der Waals surface area contributed by atoms with Crippen molar-refractivity contribution in [3.63, 3.8) is 0 Å². The molecule has 0 unspecified atom stereocenters. The van der Waals surface area contributed by atoms with Crippen molar-refractivity contribution in [1.82, 2.24) is 5.32 Å². The van der Waals surface area contributed by atoms with Crippen molar-refractivity contribution < 1.29 is 9.90 Å². The third kappa shape index (κ3) is 9.72. The average molecular weight is 270 g/mol. The first-order chi connectivity index (χ1) is 8.67. The fourth-order valence-electron chi connectivity index (χ4n) is 0.809. The van der Waals surface area contributed by atoms with Gasteiger partial charge in [0.1, 0.15) is 0 Å². The number of nitrogen functional groups attached to an aromatic ring is 1. The zero-order chi connectivity index (χ0) is 15.6. The van der Waals surface area contributed by atoms with Crippen molar-refractivity contribution in [1.29, 1.82) is 0 Å². The highest BCUT2D eigenvalue weighted by molar-refractivity contribution is 5.88. The zero-order valence-corrected chi connectivity index (χ0v) is 12.0. The molecular weight excluding hydrogens is 248 g/mol. The Kier molecular flexibility index (Phi) is 9.23. The highest BCUT2D eigenvalue weighted by Gasteiger charge is 2.02. The highest BCUT2D eigenvalue weighted by Crippen LogP contribution is 2.12. The first-order valence-electron chi connectivity index (χ1n) is 5.62. The van der Waals surface area contributed by atoms with Gasteiger partial charge in [-0.2, -0.15) is 0 Å². The lowest BCUT2D eigenvalue weighted by Crippen LogP contribution is -2.31. The topological polar surface area (TPSA) is 109 Å². The predicted molar refractivity (Wildman–Crippen MR) is 78.1 cm³/mol. The summed E-state index contributed by atoms with van der Waals surface area (Å²) in [6.45, 7) is 8.18. The smallest absolute Gasteiger partial charge is 0.335 e. The molecule has 0 aromatic heterocycles. The van der Waals surface area contributed by atoms with E-state index >= 15 is 0 Å². The van der Waals surface area contributed by atoms with Gasteiger partial charge in [-0.1, -0.05) is 0 Å². The van der Waals surface area contributed by atoms with E-state index in [2.05, 4.69) is 26.1 Å². The molecule has 0 fully saturated rings. The molecule has 1 aromatic carbocycles. The summed E-state index contributed by atoms with van der Waals surface area (Å²) in [7, 11) is 1.96. The van der Waals surface area contributed by atoms with Crippen LogP contribution < -0.4 is 11.1 Å². The van der Waals surface area contributed by atoms with Crippen LogP contribution in [0.25, 0.3) is 0 Å². The molecule has 19 heavy (non-hydrogen) atoms. The second-order valence-electron chi connectivity index (χ2n) is 4.88. The molecule has 0 radical (unpaired) electrons. The van der Waals surface area contributed by atoms with Crippen LogP contribution in [0.5, 0.6) is 0 Å². The Bertz CT molecular complexity index is 400. The molecule has 1 rings (SSSR count). The molecule has 6 heteroatoms. The monoisotopic (exact) mass is 270 g/mol. The Morgan fingerprint density at radius 1 is 1.26 bits per heavy atom. The van der Waals surface area contributed by atoms with Crippen LogP contribution in [0.15, 0.2) is 18.2 Å². The van der Waals surface area contributed by atoms with E-state index in [9.17, 15) is 4.79 Å². The normalized spacial score (nSPS) is 9.53. The van der Waals surface area contributed by atoms with Crippen molar-refractivity contribution in [3.8, 4) is 0 Å². The van der Waals surface area contributed by atoms with Crippen molar-refractivity contribution in [2.24, 2.45) is 0 Å². The number of hydrogen-bond donors (Lipinski definition) is 3. The van der Waals surface area contributed by atoms with Gasteiger partial charge < -0.3 is 16.2 Å². The zero-order valence-electron chi connectivity index (χ0n) is 12.0. The molecule has 0 aliphatic carbocycles. The Hall–Kier alpha value is -1.95. The van der Waals surface area contributed by atoms with Gasteiger partial charge in [-0.05, 0) is 58.5 Å². The van der Waals surface area contributed by atoms with Crippen molar-refractivity contribution in [3.05, 3.63) is 39.3 Å². The van der Waals surface area contributed by atoms with Gasteiger partial charge >= 0.3 is 5.97 Å². The largest absolute Gasteiger partial charge is 0.478 e. The third-order valence-corrected chi connectivity index (χ3v) is 2.27. The Morgan fingerprint density at radius 2 is 1.68 bits per heavy atom. The van der Waals surface area contributed by atoms with Crippen LogP contribution >= 0.6 is 0 Å². The minimum atomic E-state index is -0.923. The maximum Gasteiger partial charge on any atom is 0.335 e. The van der Waals surface area contributed by atoms with Gasteiger partial charge in [0.15, 0.2) is 0 Å². The number of anilines is 1. The van der Waals surface area contributed by atoms with Gasteiger partial charge in [-0.25, -0.2) is 4.79 Å². The standard InChI is InChI=1S/C8H9NO2.C5H13N.O2/c1-5-4-6(8(10)11)2-3-7(5)9;1-5(2,3)6-4;1-2/h2-4H,9H2,1H3,(H,10,11);6H,1-4H3;. The van der Waals surface area contributed by atoms with Crippen LogP contribution in [0.1, 0.15) is 36.7 Å². The summed E-state index contributed by atoms with van der Waals surface area (Å²) in [6.07, 6.45) is 0. The van der Waals surface area contributed by atoms with Gasteiger partial charge in [-0.15, -0.1) is 0 Å². The maximum atomic E-state index is 10.4. The molecule has 0 bridgehead atoms. The second-order valence-corrected chi connectivity index (χ2v) is 4.88. The number of benzene rings is 1. The van der Waals surface area contributed by atoms with E-state index in [1.165, 1.54) is 6.07 Å². The molecule has 0 aliphatic rings. The van der Waals surface area contributed by atoms with Gasteiger partial charge in [0.2, 0.25) is 0 Å². The van der Waals surface area contributed by atoms with Crippen molar-refractivity contribution in [2.45, 2.75) is 33.2 Å². The number of nitrogens with one attached hydrogen (secondary N) is 1. The van der Waals surface area contributed by atoms with Crippen LogP contribution in [0.2, 0.25) is 0 Å². The number of rotatable bonds is 1. The molecule has 0 atom stereocenters. The lowest BCUT2D eigenvalue weighted by molar-refractivity contribution is 0.0697. The quantitative estimate of drug-likeness (QED) is 0.676. The van der Waals surface area contributed by atoms with E-state index in [0.29, 0.717) is 11.2 Å². The number of aromatic carboxylic acids is 1. The second kappa shape index (κ2) is 9.04. The number of hydrogen-bond acceptors (Lipinski definition) is 5. The maximum absolute atomic E-state index is 10.4. The van der Waals surface area contributed by atoms with Gasteiger partial charge in [0, 0.05) is 21.2 Å². The molecule has 108 valence electrons. The van der Waals surface area contributed by atoms with E-state index in [0.717, 1.165) is 5.56 Å². The molecule has 0 saturated carbocycles.